The van der Waals surface area contributed by atoms with Crippen molar-refractivity contribution in [3.63, 3.8) is 0 Å². The van der Waals surface area contributed by atoms with Crippen LogP contribution in [-0.2, 0) is 16.1 Å². The van der Waals surface area contributed by atoms with Crippen LogP contribution in [0.1, 0.15) is 42.8 Å². The van der Waals surface area contributed by atoms with Crippen molar-refractivity contribution in [1.29, 1.82) is 0 Å². The third kappa shape index (κ3) is 5.59. The second-order valence-electron chi connectivity index (χ2n) is 9.59. The summed E-state index contributed by atoms with van der Waals surface area (Å²) in [5.74, 6) is 4.67. The van der Waals surface area contributed by atoms with Crippen molar-refractivity contribution in [3.05, 3.63) is 47.2 Å². The molecule has 2 fully saturated rings. The number of carboxylic acids is 1. The molecule has 4 unspecified atom stereocenters. The van der Waals surface area contributed by atoms with Crippen LogP contribution in [0.5, 0.6) is 11.8 Å². The molecular formula is C25H33FN6O5. The quantitative estimate of drug-likeness (QED) is 0.314. The number of hydrogen-bond donors (Lipinski definition) is 3. The highest BCUT2D eigenvalue weighted by Gasteiger charge is 2.58. The Kier molecular flexibility index (Phi) is 7.79. The average molecular weight is 517 g/mol. The molecule has 0 amide bonds. The highest BCUT2D eigenvalue weighted by atomic mass is 19.1. The number of nitrogens with two attached hydrogens (primary N) is 2. The van der Waals surface area contributed by atoms with E-state index < -0.39 is 17.6 Å². The number of hydrogen-bond acceptors (Lipinski definition) is 10. The summed E-state index contributed by atoms with van der Waals surface area (Å²) < 4.78 is 31.9. The summed E-state index contributed by atoms with van der Waals surface area (Å²) in [5.41, 5.74) is 6.76. The van der Waals surface area contributed by atoms with E-state index in [9.17, 15) is 14.3 Å². The Balaban J connectivity index is 1.45. The number of hydrazine groups is 1. The summed E-state index contributed by atoms with van der Waals surface area (Å²) in [4.78, 5) is 24.4. The largest absolute Gasteiger partial charge is 0.489 e. The number of likely N-dealkylation sites (N-methyl/N-ethyl adjacent to an activating group) is 1. The van der Waals surface area contributed by atoms with E-state index in [0.29, 0.717) is 60.1 Å². The Bertz CT molecular complexity index is 1180. The molecular weight excluding hydrogens is 483 g/mol. The Morgan fingerprint density at radius 1 is 1.30 bits per heavy atom. The number of ether oxygens (including phenoxy) is 3. The molecule has 0 bridgehead atoms. The lowest BCUT2D eigenvalue weighted by molar-refractivity contribution is -0.153. The molecule has 12 heteroatoms. The summed E-state index contributed by atoms with van der Waals surface area (Å²) in [6, 6.07) is 5.36. The fourth-order valence-corrected chi connectivity index (χ4v) is 5.22. The van der Waals surface area contributed by atoms with E-state index in [1.807, 2.05) is 0 Å². The summed E-state index contributed by atoms with van der Waals surface area (Å²) >= 11 is 0. The molecule has 2 aliphatic rings. The molecule has 37 heavy (non-hydrogen) atoms. The van der Waals surface area contributed by atoms with E-state index in [1.165, 1.54) is 5.01 Å². The van der Waals surface area contributed by atoms with Crippen LogP contribution in [0, 0.1) is 18.8 Å². The van der Waals surface area contributed by atoms with E-state index in [-0.39, 0.29) is 31.1 Å². The molecule has 200 valence electrons. The molecule has 4 rings (SSSR count). The van der Waals surface area contributed by atoms with E-state index >= 15 is 0 Å². The lowest BCUT2D eigenvalue weighted by Gasteiger charge is -2.23. The number of rotatable bonds is 10. The van der Waals surface area contributed by atoms with E-state index in [0.717, 1.165) is 0 Å². The van der Waals surface area contributed by atoms with Gasteiger partial charge in [-0.05, 0) is 56.7 Å². The van der Waals surface area contributed by atoms with Crippen molar-refractivity contribution < 1.29 is 28.5 Å². The molecule has 0 radical (unpaired) electrons. The minimum atomic E-state index is -2.16. The van der Waals surface area contributed by atoms with Gasteiger partial charge in [0, 0.05) is 26.3 Å². The minimum absolute atomic E-state index is 0.00760. The molecule has 2 aliphatic carbocycles. The van der Waals surface area contributed by atoms with Gasteiger partial charge in [-0.15, -0.1) is 0 Å². The normalized spacial score (nSPS) is 25.4. The molecule has 0 spiro atoms. The second kappa shape index (κ2) is 10.9. The molecule has 0 aromatic carbocycles. The molecule has 2 saturated carbocycles. The molecule has 2 aromatic heterocycles. The van der Waals surface area contributed by atoms with Gasteiger partial charge >= 0.3 is 12.0 Å². The van der Waals surface area contributed by atoms with Gasteiger partial charge in [-0.25, -0.2) is 25.0 Å². The zero-order valence-corrected chi connectivity index (χ0v) is 21.2. The van der Waals surface area contributed by atoms with Crippen molar-refractivity contribution in [2.24, 2.45) is 23.4 Å². The van der Waals surface area contributed by atoms with E-state index in [2.05, 4.69) is 15.0 Å². The predicted octanol–water partition coefficient (Wildman–Crippen LogP) is 2.20. The van der Waals surface area contributed by atoms with Gasteiger partial charge in [-0.3, -0.25) is 0 Å². The van der Waals surface area contributed by atoms with Crippen LogP contribution < -0.4 is 21.1 Å². The maximum atomic E-state index is 15.0. The number of aryl methyl sites for hydroxylation is 1. The van der Waals surface area contributed by atoms with Gasteiger partial charge in [-0.1, -0.05) is 0 Å². The fourth-order valence-electron chi connectivity index (χ4n) is 5.22. The Morgan fingerprint density at radius 3 is 2.76 bits per heavy atom. The number of carbonyl (C=O) groups is 1. The van der Waals surface area contributed by atoms with Crippen molar-refractivity contribution in [2.45, 2.75) is 51.0 Å². The number of pyridine rings is 1. The smallest absolute Gasteiger partial charge is 0.341 e. The van der Waals surface area contributed by atoms with Crippen LogP contribution in [0.4, 0.5) is 4.39 Å². The van der Waals surface area contributed by atoms with Crippen LogP contribution >= 0.6 is 0 Å². The Morgan fingerprint density at radius 2 is 2.08 bits per heavy atom. The number of nitrogens with zero attached hydrogens (tertiary/aromatic N) is 4. The van der Waals surface area contributed by atoms with Crippen LogP contribution in [0.2, 0.25) is 0 Å². The van der Waals surface area contributed by atoms with Gasteiger partial charge in [0.15, 0.2) is 0 Å². The SMILES string of the molecule is COCc1ccnc(OC/C(=C(/N)c2ccc(OC3CC4CCC(F)(C(=O)O)C4C3)c(C)n2)N(C)N)n1. The highest BCUT2D eigenvalue weighted by Crippen LogP contribution is 2.52. The maximum absolute atomic E-state index is 15.0. The summed E-state index contributed by atoms with van der Waals surface area (Å²) in [6.45, 7) is 2.12. The molecule has 4 atom stereocenters. The first-order chi connectivity index (χ1) is 17.6. The highest BCUT2D eigenvalue weighted by molar-refractivity contribution is 5.78. The van der Waals surface area contributed by atoms with Crippen LogP contribution in [0.3, 0.4) is 0 Å². The zero-order chi connectivity index (χ0) is 26.7. The van der Waals surface area contributed by atoms with Crippen molar-refractivity contribution >= 4 is 11.7 Å². The van der Waals surface area contributed by atoms with Gasteiger partial charge in [-0.2, -0.15) is 4.98 Å². The standard InChI is InChI=1S/C25H33FN6O5/c1-14-21(37-17-10-15-6-8-25(26,23(33)34)18(15)11-17)5-4-19(30-14)22(27)20(32(2)28)13-36-24-29-9-7-16(31-24)12-35-3/h4-5,7,9,15,17-18H,6,8,10-13,27-28H2,1-3H3,(H,33,34)/b22-20-. The lowest BCUT2D eigenvalue weighted by atomic mass is 9.89. The zero-order valence-electron chi connectivity index (χ0n) is 21.2. The predicted molar refractivity (Wildman–Crippen MR) is 132 cm³/mol. The molecule has 5 N–H and O–H groups in total. The second-order valence-corrected chi connectivity index (χ2v) is 9.59. The summed E-state index contributed by atoms with van der Waals surface area (Å²) in [5, 5.41) is 10.7. The van der Waals surface area contributed by atoms with Gasteiger partial charge in [0.2, 0.25) is 5.67 Å². The average Bonchev–Trinajstić information content (AvgIpc) is 3.40. The van der Waals surface area contributed by atoms with Gasteiger partial charge in [0.05, 0.1) is 41.2 Å². The first-order valence-corrected chi connectivity index (χ1v) is 12.1. The number of aliphatic carboxylic acids is 1. The number of methoxy groups -OCH3 is 1. The van der Waals surface area contributed by atoms with Crippen molar-refractivity contribution in [3.8, 4) is 11.8 Å². The first-order valence-electron chi connectivity index (χ1n) is 12.1. The molecule has 2 heterocycles. The van der Waals surface area contributed by atoms with Crippen molar-refractivity contribution in [2.75, 3.05) is 20.8 Å². The van der Waals surface area contributed by atoms with Crippen LogP contribution in [-0.4, -0.2) is 63.6 Å². The van der Waals surface area contributed by atoms with E-state index in [4.69, 9.17) is 25.8 Å². The minimum Gasteiger partial charge on any atom is -0.489 e. The number of aromatic nitrogens is 3. The third-order valence-corrected chi connectivity index (χ3v) is 7.14. The number of halogens is 1. The number of carboxylic acid groups (broad SMARTS) is 1. The Hall–Kier alpha value is -3.51. The topological polar surface area (TPSA) is 159 Å². The fraction of sp³-hybridized carbons (Fsp3) is 0.520. The monoisotopic (exact) mass is 516 g/mol. The molecule has 11 nitrogen and oxygen atoms in total. The van der Waals surface area contributed by atoms with Crippen molar-refractivity contribution in [1.82, 2.24) is 20.0 Å². The number of alkyl halides is 1. The van der Waals surface area contributed by atoms with E-state index in [1.54, 1.807) is 45.5 Å². The van der Waals surface area contributed by atoms with Gasteiger partial charge in [0.1, 0.15) is 12.4 Å². The molecule has 0 aliphatic heterocycles. The van der Waals surface area contributed by atoms with Crippen LogP contribution in [0.15, 0.2) is 30.1 Å². The first kappa shape index (κ1) is 26.6. The summed E-state index contributed by atoms with van der Waals surface area (Å²) in [7, 11) is 3.21. The lowest BCUT2D eigenvalue weighted by Crippen LogP contribution is -2.38. The number of fused-ring (bicyclic) bond motifs is 1. The van der Waals surface area contributed by atoms with Gasteiger partial charge < -0.3 is 30.1 Å². The summed E-state index contributed by atoms with van der Waals surface area (Å²) in [6.07, 6.45) is 2.93. The van der Waals surface area contributed by atoms with Crippen LogP contribution in [0.25, 0.3) is 5.70 Å². The molecule has 0 saturated heterocycles. The third-order valence-electron chi connectivity index (χ3n) is 7.14. The maximum Gasteiger partial charge on any atom is 0.341 e. The van der Waals surface area contributed by atoms with Gasteiger partial charge in [0.25, 0.3) is 0 Å². The molecule has 2 aromatic rings. The Labute approximate surface area is 214 Å².